The predicted octanol–water partition coefficient (Wildman–Crippen LogP) is 2.14. The highest BCUT2D eigenvalue weighted by Gasteiger charge is 2.52. The van der Waals surface area contributed by atoms with Gasteiger partial charge in [-0.25, -0.2) is 9.97 Å². The summed E-state index contributed by atoms with van der Waals surface area (Å²) in [5, 5.41) is 13.3. The van der Waals surface area contributed by atoms with Crippen molar-refractivity contribution in [3.8, 4) is 0 Å². The number of anilines is 1. The number of rotatable bonds is 3. The molecule has 0 bridgehead atoms. The van der Waals surface area contributed by atoms with Crippen LogP contribution in [0.5, 0.6) is 0 Å². The molecule has 0 amide bonds. The van der Waals surface area contributed by atoms with E-state index in [2.05, 4.69) is 15.3 Å². The second-order valence-electron chi connectivity index (χ2n) is 7.68. The lowest BCUT2D eigenvalue weighted by atomic mass is 9.80. The fourth-order valence-electron chi connectivity index (χ4n) is 3.04. The Kier molecular flexibility index (Phi) is 4.81. The van der Waals surface area contributed by atoms with E-state index in [1.165, 1.54) is 0 Å². The molecule has 0 atom stereocenters. The monoisotopic (exact) mass is 353 g/mol. The lowest BCUT2D eigenvalue weighted by Crippen LogP contribution is -2.41. The number of hydrogen-bond acceptors (Lipinski definition) is 6. The molecule has 1 aromatic rings. The predicted molar refractivity (Wildman–Crippen MR) is 94.6 cm³/mol. The molecule has 0 aromatic carbocycles. The molecule has 0 unspecified atom stereocenters. The van der Waals surface area contributed by atoms with E-state index in [1.807, 2.05) is 27.7 Å². The van der Waals surface area contributed by atoms with Gasteiger partial charge < -0.3 is 19.7 Å². The van der Waals surface area contributed by atoms with Gasteiger partial charge in [0.15, 0.2) is 0 Å². The van der Waals surface area contributed by atoms with E-state index in [9.17, 15) is 5.11 Å². The SMILES string of the molecule is CC1(C)OB(c2cnc(Cl)nc2N[C@H]2CC[C@H](O)CC2)OC1(C)C. The van der Waals surface area contributed by atoms with Crippen molar-refractivity contribution in [3.05, 3.63) is 11.5 Å². The van der Waals surface area contributed by atoms with Crippen molar-refractivity contribution in [1.82, 2.24) is 9.97 Å². The number of aliphatic hydroxyl groups is 1. The first-order chi connectivity index (χ1) is 11.2. The zero-order valence-corrected chi connectivity index (χ0v) is 15.4. The first-order valence-electron chi connectivity index (χ1n) is 8.50. The van der Waals surface area contributed by atoms with Crippen LogP contribution in [0, 0.1) is 0 Å². The van der Waals surface area contributed by atoms with E-state index >= 15 is 0 Å². The molecule has 132 valence electrons. The van der Waals surface area contributed by atoms with Gasteiger partial charge >= 0.3 is 7.12 Å². The molecule has 1 saturated heterocycles. The van der Waals surface area contributed by atoms with Gasteiger partial charge in [0.05, 0.1) is 17.3 Å². The van der Waals surface area contributed by atoms with Crippen LogP contribution >= 0.6 is 11.6 Å². The van der Waals surface area contributed by atoms with E-state index < -0.39 is 18.3 Å². The maximum Gasteiger partial charge on any atom is 0.500 e. The van der Waals surface area contributed by atoms with Crippen molar-refractivity contribution in [1.29, 1.82) is 0 Å². The standard InChI is InChI=1S/C16H25BClN3O3/c1-15(2)16(3,4)24-17(23-15)12-9-19-14(18)21-13(12)20-10-5-7-11(22)8-6-10/h9-11,22H,5-8H2,1-4H3,(H,19,20,21)/t10-,11-. The molecular weight excluding hydrogens is 328 g/mol. The summed E-state index contributed by atoms with van der Waals surface area (Å²) in [5.41, 5.74) is -0.100. The molecule has 24 heavy (non-hydrogen) atoms. The Bertz CT molecular complexity index is 590. The van der Waals surface area contributed by atoms with Crippen LogP contribution in [0.3, 0.4) is 0 Å². The molecule has 3 rings (SSSR count). The Morgan fingerprint density at radius 3 is 2.33 bits per heavy atom. The zero-order valence-electron chi connectivity index (χ0n) is 14.7. The molecule has 2 N–H and O–H groups in total. The maximum absolute atomic E-state index is 9.67. The fourth-order valence-corrected chi connectivity index (χ4v) is 3.17. The number of nitrogens with zero attached hydrogens (tertiary/aromatic N) is 2. The average molecular weight is 354 g/mol. The minimum atomic E-state index is -0.538. The van der Waals surface area contributed by atoms with Gasteiger partial charge in [0, 0.05) is 17.7 Å². The summed E-state index contributed by atoms with van der Waals surface area (Å²) in [6, 6.07) is 0.251. The quantitative estimate of drug-likeness (QED) is 0.640. The maximum atomic E-state index is 9.67. The van der Waals surface area contributed by atoms with E-state index in [0.717, 1.165) is 31.1 Å². The molecule has 6 nitrogen and oxygen atoms in total. The summed E-state index contributed by atoms with van der Waals surface area (Å²) < 4.78 is 12.2. The molecule has 2 fully saturated rings. The molecule has 0 spiro atoms. The summed E-state index contributed by atoms with van der Waals surface area (Å²) in [7, 11) is -0.538. The fraction of sp³-hybridized carbons (Fsp3) is 0.750. The smallest absolute Gasteiger partial charge is 0.399 e. The van der Waals surface area contributed by atoms with Crippen LogP contribution in [0.2, 0.25) is 5.28 Å². The molecule has 0 radical (unpaired) electrons. The van der Waals surface area contributed by atoms with Gasteiger partial charge in [0.25, 0.3) is 0 Å². The van der Waals surface area contributed by atoms with Crippen LogP contribution in [0.25, 0.3) is 0 Å². The van der Waals surface area contributed by atoms with Crippen LogP contribution < -0.4 is 10.8 Å². The molecule has 2 heterocycles. The molecule has 1 aliphatic heterocycles. The first-order valence-corrected chi connectivity index (χ1v) is 8.88. The van der Waals surface area contributed by atoms with Crippen LogP contribution in [0.1, 0.15) is 53.4 Å². The normalized spacial score (nSPS) is 28.8. The van der Waals surface area contributed by atoms with E-state index in [-0.39, 0.29) is 17.4 Å². The summed E-state index contributed by atoms with van der Waals surface area (Å²) in [4.78, 5) is 8.45. The first kappa shape index (κ1) is 17.9. The minimum Gasteiger partial charge on any atom is -0.399 e. The Labute approximate surface area is 148 Å². The number of nitrogens with one attached hydrogen (secondary N) is 1. The molecule has 1 aliphatic carbocycles. The molecule has 1 aromatic heterocycles. The van der Waals surface area contributed by atoms with Crippen molar-refractivity contribution < 1.29 is 14.4 Å². The second kappa shape index (κ2) is 6.44. The number of halogens is 1. The summed E-state index contributed by atoms with van der Waals surface area (Å²) >= 11 is 5.99. The van der Waals surface area contributed by atoms with Gasteiger partial charge in [-0.3, -0.25) is 0 Å². The summed E-state index contributed by atoms with van der Waals surface area (Å²) in [5.74, 6) is 0.648. The molecule has 2 aliphatic rings. The van der Waals surface area contributed by atoms with E-state index in [1.54, 1.807) is 6.20 Å². The van der Waals surface area contributed by atoms with Gasteiger partial charge in [-0.2, -0.15) is 0 Å². The van der Waals surface area contributed by atoms with Crippen molar-refractivity contribution in [2.24, 2.45) is 0 Å². The van der Waals surface area contributed by atoms with E-state index in [0.29, 0.717) is 5.82 Å². The topological polar surface area (TPSA) is 76.5 Å². The third-order valence-corrected chi connectivity index (χ3v) is 5.51. The lowest BCUT2D eigenvalue weighted by molar-refractivity contribution is 0.00578. The largest absolute Gasteiger partial charge is 0.500 e. The van der Waals surface area contributed by atoms with Gasteiger partial charge in [-0.1, -0.05) is 0 Å². The van der Waals surface area contributed by atoms with Gasteiger partial charge in [-0.15, -0.1) is 0 Å². The third kappa shape index (κ3) is 3.54. The van der Waals surface area contributed by atoms with Crippen LogP contribution in [-0.4, -0.2) is 45.5 Å². The number of aromatic nitrogens is 2. The van der Waals surface area contributed by atoms with Crippen molar-refractivity contribution >= 4 is 30.0 Å². The lowest BCUT2D eigenvalue weighted by Gasteiger charge is -2.32. The minimum absolute atomic E-state index is 0.189. The average Bonchev–Trinajstić information content (AvgIpc) is 2.70. The molecule has 1 saturated carbocycles. The van der Waals surface area contributed by atoms with Crippen molar-refractivity contribution in [3.63, 3.8) is 0 Å². The van der Waals surface area contributed by atoms with E-state index in [4.69, 9.17) is 20.9 Å². The van der Waals surface area contributed by atoms with Crippen LogP contribution in [0.4, 0.5) is 5.82 Å². The highest BCUT2D eigenvalue weighted by molar-refractivity contribution is 6.63. The van der Waals surface area contributed by atoms with Gasteiger partial charge in [-0.05, 0) is 65.0 Å². The Hall–Kier alpha value is -0.885. The van der Waals surface area contributed by atoms with Gasteiger partial charge in [0.1, 0.15) is 5.82 Å². The highest BCUT2D eigenvalue weighted by Crippen LogP contribution is 2.37. The van der Waals surface area contributed by atoms with Crippen LogP contribution in [-0.2, 0) is 9.31 Å². The third-order valence-electron chi connectivity index (χ3n) is 5.33. The number of aliphatic hydroxyl groups excluding tert-OH is 1. The van der Waals surface area contributed by atoms with Crippen LogP contribution in [0.15, 0.2) is 6.20 Å². The Morgan fingerprint density at radius 2 is 1.75 bits per heavy atom. The van der Waals surface area contributed by atoms with Crippen molar-refractivity contribution in [2.45, 2.75) is 76.7 Å². The molecule has 8 heteroatoms. The highest BCUT2D eigenvalue weighted by atomic mass is 35.5. The van der Waals surface area contributed by atoms with Gasteiger partial charge in [0.2, 0.25) is 5.28 Å². The summed E-state index contributed by atoms with van der Waals surface area (Å²) in [6.45, 7) is 8.05. The zero-order chi connectivity index (χ0) is 17.5. The summed E-state index contributed by atoms with van der Waals surface area (Å²) in [6.07, 6.45) is 4.85. The Morgan fingerprint density at radius 1 is 1.17 bits per heavy atom. The Balaban J connectivity index is 1.82. The van der Waals surface area contributed by atoms with Crippen molar-refractivity contribution in [2.75, 3.05) is 5.32 Å². The molecular formula is C16H25BClN3O3. The number of hydrogen-bond donors (Lipinski definition) is 2. The second-order valence-corrected chi connectivity index (χ2v) is 8.02.